The lowest BCUT2D eigenvalue weighted by atomic mass is 10.2. The minimum absolute atomic E-state index is 0.0139. The van der Waals surface area contributed by atoms with Gasteiger partial charge in [-0.2, -0.15) is 0 Å². The van der Waals surface area contributed by atoms with Crippen LogP contribution in [0.25, 0.3) is 0 Å². The van der Waals surface area contributed by atoms with E-state index in [0.29, 0.717) is 25.1 Å². The van der Waals surface area contributed by atoms with Crippen LogP contribution in [0, 0.1) is 0 Å². The third-order valence-electron chi connectivity index (χ3n) is 4.33. The molecule has 7 nitrogen and oxygen atoms in total. The van der Waals surface area contributed by atoms with E-state index in [1.807, 2.05) is 12.1 Å². The molecule has 0 aliphatic carbocycles. The van der Waals surface area contributed by atoms with Gasteiger partial charge in [0, 0.05) is 43.6 Å². The molecule has 0 spiro atoms. The van der Waals surface area contributed by atoms with Crippen molar-refractivity contribution in [2.45, 2.75) is 23.8 Å². The van der Waals surface area contributed by atoms with Gasteiger partial charge < -0.3 is 10.6 Å². The Balaban J connectivity index is 1.67. The van der Waals surface area contributed by atoms with E-state index in [0.717, 1.165) is 12.0 Å². The van der Waals surface area contributed by atoms with Gasteiger partial charge in [-0.05, 0) is 42.7 Å². The van der Waals surface area contributed by atoms with Gasteiger partial charge in [0.15, 0.2) is 0 Å². The van der Waals surface area contributed by atoms with Crippen LogP contribution in [-0.2, 0) is 16.4 Å². The highest BCUT2D eigenvalue weighted by molar-refractivity contribution is 7.89. The minimum atomic E-state index is -3.69. The molecule has 1 aliphatic rings. The molecule has 1 aromatic heterocycles. The lowest BCUT2D eigenvalue weighted by Crippen LogP contribution is -2.32. The molecule has 2 heterocycles. The monoisotopic (exact) mass is 374 g/mol. The highest BCUT2D eigenvalue weighted by Gasteiger charge is 2.25. The number of benzene rings is 1. The number of nitrogens with two attached hydrogens (primary N) is 1. The smallest absolute Gasteiger partial charge is 0.253 e. The summed E-state index contributed by atoms with van der Waals surface area (Å²) in [6.07, 6.45) is 4.68. The predicted molar refractivity (Wildman–Crippen MR) is 98.1 cm³/mol. The number of carbonyl (C=O) groups excluding carboxylic acids is 1. The number of sulfonamides is 1. The first-order valence-electron chi connectivity index (χ1n) is 8.49. The molecule has 0 unspecified atom stereocenters. The molecular formula is C18H22N4O3S. The average Bonchev–Trinajstić information content (AvgIpc) is 3.08. The van der Waals surface area contributed by atoms with Crippen molar-refractivity contribution < 1.29 is 13.2 Å². The molecule has 1 atom stereocenters. The summed E-state index contributed by atoms with van der Waals surface area (Å²) >= 11 is 0. The van der Waals surface area contributed by atoms with Crippen LogP contribution in [-0.4, -0.2) is 49.9 Å². The fourth-order valence-corrected chi connectivity index (χ4v) is 3.99. The van der Waals surface area contributed by atoms with E-state index in [4.69, 9.17) is 5.73 Å². The highest BCUT2D eigenvalue weighted by Crippen LogP contribution is 2.16. The van der Waals surface area contributed by atoms with Crippen LogP contribution < -0.4 is 10.5 Å². The average molecular weight is 374 g/mol. The number of likely N-dealkylation sites (tertiary alicyclic amines) is 1. The van der Waals surface area contributed by atoms with Gasteiger partial charge in [0.2, 0.25) is 10.0 Å². The van der Waals surface area contributed by atoms with E-state index in [9.17, 15) is 13.2 Å². The quantitative estimate of drug-likeness (QED) is 0.777. The minimum Gasteiger partial charge on any atom is -0.337 e. The summed E-state index contributed by atoms with van der Waals surface area (Å²) in [5.41, 5.74) is 7.14. The van der Waals surface area contributed by atoms with E-state index in [2.05, 4.69) is 9.71 Å². The van der Waals surface area contributed by atoms with Crippen LogP contribution in [0.2, 0.25) is 0 Å². The predicted octanol–water partition coefficient (Wildman–Crippen LogP) is 0.776. The number of rotatable bonds is 6. The second-order valence-electron chi connectivity index (χ2n) is 6.34. The molecule has 0 bridgehead atoms. The Hall–Kier alpha value is -2.29. The highest BCUT2D eigenvalue weighted by atomic mass is 32.2. The molecule has 1 aliphatic heterocycles. The number of hydrogen-bond acceptors (Lipinski definition) is 5. The Bertz CT molecular complexity index is 871. The zero-order valence-electron chi connectivity index (χ0n) is 14.3. The summed E-state index contributed by atoms with van der Waals surface area (Å²) in [7, 11) is -3.69. The number of amides is 1. The van der Waals surface area contributed by atoms with Crippen molar-refractivity contribution in [2.24, 2.45) is 5.73 Å². The second kappa shape index (κ2) is 7.94. The topological polar surface area (TPSA) is 105 Å². The summed E-state index contributed by atoms with van der Waals surface area (Å²) in [5, 5.41) is 0. The van der Waals surface area contributed by atoms with E-state index in [1.54, 1.807) is 29.4 Å². The molecule has 3 rings (SSSR count). The van der Waals surface area contributed by atoms with Crippen LogP contribution >= 0.6 is 0 Å². The van der Waals surface area contributed by atoms with Crippen molar-refractivity contribution in [1.29, 1.82) is 0 Å². The first kappa shape index (κ1) is 18.5. The number of aromatic nitrogens is 1. The van der Waals surface area contributed by atoms with Gasteiger partial charge in [-0.25, -0.2) is 13.1 Å². The van der Waals surface area contributed by atoms with Crippen LogP contribution in [0.3, 0.4) is 0 Å². The maximum atomic E-state index is 12.5. The third kappa shape index (κ3) is 4.46. The molecule has 8 heteroatoms. The van der Waals surface area contributed by atoms with Gasteiger partial charge in [0.25, 0.3) is 5.91 Å². The summed E-state index contributed by atoms with van der Waals surface area (Å²) in [6, 6.07) is 9.79. The Kier molecular flexibility index (Phi) is 5.65. The van der Waals surface area contributed by atoms with Gasteiger partial charge in [-0.15, -0.1) is 0 Å². The number of nitrogens with zero attached hydrogens (tertiary/aromatic N) is 2. The van der Waals surface area contributed by atoms with E-state index in [1.165, 1.54) is 12.1 Å². The largest absolute Gasteiger partial charge is 0.337 e. The van der Waals surface area contributed by atoms with Crippen LogP contribution in [0.1, 0.15) is 22.3 Å². The first-order valence-corrected chi connectivity index (χ1v) is 9.97. The zero-order chi connectivity index (χ0) is 18.6. The van der Waals surface area contributed by atoms with Gasteiger partial charge in [-0.3, -0.25) is 9.78 Å². The van der Waals surface area contributed by atoms with Gasteiger partial charge in [0.05, 0.1) is 4.90 Å². The molecule has 2 aromatic rings. The van der Waals surface area contributed by atoms with Crippen molar-refractivity contribution >= 4 is 15.9 Å². The first-order chi connectivity index (χ1) is 12.5. The van der Waals surface area contributed by atoms with Crippen molar-refractivity contribution in [1.82, 2.24) is 14.6 Å². The Labute approximate surface area is 153 Å². The molecule has 0 saturated carbocycles. The van der Waals surface area contributed by atoms with Crippen molar-refractivity contribution in [3.63, 3.8) is 0 Å². The maximum absolute atomic E-state index is 12.5. The van der Waals surface area contributed by atoms with Gasteiger partial charge >= 0.3 is 0 Å². The molecule has 1 aromatic carbocycles. The number of nitrogens with one attached hydrogen (secondary N) is 1. The van der Waals surface area contributed by atoms with E-state index in [-0.39, 0.29) is 23.4 Å². The molecule has 3 N–H and O–H groups in total. The lowest BCUT2D eigenvalue weighted by Gasteiger charge is -2.16. The number of carbonyl (C=O) groups is 1. The summed E-state index contributed by atoms with van der Waals surface area (Å²) in [6.45, 7) is 1.35. The van der Waals surface area contributed by atoms with Crippen molar-refractivity contribution in [3.8, 4) is 0 Å². The van der Waals surface area contributed by atoms with E-state index < -0.39 is 10.0 Å². The van der Waals surface area contributed by atoms with Gasteiger partial charge in [0.1, 0.15) is 0 Å². The molecule has 0 radical (unpaired) electrons. The Morgan fingerprint density at radius 3 is 2.85 bits per heavy atom. The zero-order valence-corrected chi connectivity index (χ0v) is 15.2. The molecule has 138 valence electrons. The van der Waals surface area contributed by atoms with Crippen molar-refractivity contribution in [2.75, 3.05) is 19.6 Å². The number of hydrogen-bond donors (Lipinski definition) is 2. The number of pyridine rings is 1. The standard InChI is InChI=1S/C18H22N4O3S/c19-16-7-10-22(13-16)18(23)15-4-1-5-17(11-15)26(24,25)21-9-6-14-3-2-8-20-12-14/h1-5,8,11-12,16,21H,6-7,9-10,13,19H2/t16-/m1/s1. The summed E-state index contributed by atoms with van der Waals surface area (Å²) in [4.78, 5) is 18.3. The normalized spacial score (nSPS) is 17.4. The van der Waals surface area contributed by atoms with E-state index >= 15 is 0 Å². The third-order valence-corrected chi connectivity index (χ3v) is 5.79. The molecule has 26 heavy (non-hydrogen) atoms. The van der Waals surface area contributed by atoms with Crippen molar-refractivity contribution in [3.05, 3.63) is 59.9 Å². The summed E-state index contributed by atoms with van der Waals surface area (Å²) < 4.78 is 27.6. The fraction of sp³-hybridized carbons (Fsp3) is 0.333. The van der Waals surface area contributed by atoms with Crippen LogP contribution in [0.5, 0.6) is 0 Å². The summed E-state index contributed by atoms with van der Waals surface area (Å²) in [5.74, 6) is -0.189. The van der Waals surface area contributed by atoms with Crippen LogP contribution in [0.15, 0.2) is 53.7 Å². The molecule has 1 amide bonds. The molecular weight excluding hydrogens is 352 g/mol. The lowest BCUT2D eigenvalue weighted by molar-refractivity contribution is 0.0790. The second-order valence-corrected chi connectivity index (χ2v) is 8.10. The SMILES string of the molecule is N[C@@H]1CCN(C(=O)c2cccc(S(=O)(=O)NCCc3cccnc3)c2)C1. The fourth-order valence-electron chi connectivity index (χ4n) is 2.91. The van der Waals surface area contributed by atoms with Crippen LogP contribution in [0.4, 0.5) is 0 Å². The maximum Gasteiger partial charge on any atom is 0.253 e. The van der Waals surface area contributed by atoms with Gasteiger partial charge in [-0.1, -0.05) is 12.1 Å². The molecule has 1 fully saturated rings. The Morgan fingerprint density at radius 2 is 2.15 bits per heavy atom. The Morgan fingerprint density at radius 1 is 1.31 bits per heavy atom. The molecule has 1 saturated heterocycles.